The van der Waals surface area contributed by atoms with Crippen molar-refractivity contribution < 1.29 is 28.1 Å². The fourth-order valence-electron chi connectivity index (χ4n) is 2.05. The maximum Gasteiger partial charge on any atom is 0.229 e. The Kier molecular flexibility index (Phi) is 7.78. The molecule has 6 nitrogen and oxygen atoms in total. The van der Waals surface area contributed by atoms with Crippen molar-refractivity contribution in [2.45, 2.75) is 20.8 Å². The Hall–Kier alpha value is -2.64. The average Bonchev–Trinajstić information content (AvgIpc) is 2.65. The number of carbonyl (C=O) groups is 1. The summed E-state index contributed by atoms with van der Waals surface area (Å²) < 4.78 is 35.6. The van der Waals surface area contributed by atoms with Crippen molar-refractivity contribution in [3.8, 4) is 17.2 Å². The minimum atomic E-state index is -0.663. The Morgan fingerprint density at radius 1 is 1.04 bits per heavy atom. The second-order valence-electron chi connectivity index (χ2n) is 7.05. The molecule has 0 heterocycles. The largest absolute Gasteiger partial charge is 0.468 e. The third kappa shape index (κ3) is 6.51. The molecule has 0 radical (unpaired) electrons. The van der Waals surface area contributed by atoms with E-state index in [4.69, 9.17) is 18.9 Å². The van der Waals surface area contributed by atoms with Gasteiger partial charge in [-0.25, -0.2) is 4.39 Å². The Morgan fingerprint density at radius 2 is 1.71 bits per heavy atom. The molecule has 0 spiro atoms. The quantitative estimate of drug-likeness (QED) is 0.500. The molecular formula is C21H26FNO5. The molecule has 0 bridgehead atoms. The zero-order valence-electron chi connectivity index (χ0n) is 16.6. The predicted octanol–water partition coefficient (Wildman–Crippen LogP) is 4.60. The van der Waals surface area contributed by atoms with E-state index in [0.717, 1.165) is 0 Å². The zero-order chi connectivity index (χ0) is 20.6. The molecule has 2 aromatic carbocycles. The fraction of sp³-hybridized carbons (Fsp3) is 0.381. The van der Waals surface area contributed by atoms with Crippen molar-refractivity contribution in [2.24, 2.45) is 5.41 Å². The van der Waals surface area contributed by atoms with Crippen LogP contribution in [0.4, 0.5) is 10.1 Å². The highest BCUT2D eigenvalue weighted by Crippen LogP contribution is 2.33. The van der Waals surface area contributed by atoms with Gasteiger partial charge >= 0.3 is 0 Å². The number of rotatable bonds is 9. The number of ether oxygens (including phenoxy) is 4. The van der Waals surface area contributed by atoms with E-state index in [2.05, 4.69) is 5.32 Å². The number of hydrogen-bond donors (Lipinski definition) is 1. The second kappa shape index (κ2) is 10.1. The van der Waals surface area contributed by atoms with Crippen molar-refractivity contribution in [2.75, 3.05) is 32.4 Å². The minimum absolute atomic E-state index is 0.00861. The monoisotopic (exact) mass is 391 g/mol. The molecule has 0 aliphatic rings. The Balaban J connectivity index is 2.03. The number of anilines is 1. The first-order valence-electron chi connectivity index (χ1n) is 8.88. The molecule has 0 aliphatic carbocycles. The molecule has 0 unspecified atom stereocenters. The molecule has 7 heteroatoms. The summed E-state index contributed by atoms with van der Waals surface area (Å²) in [5.74, 6) is 0.423. The maximum absolute atomic E-state index is 14.3. The third-order valence-corrected chi connectivity index (χ3v) is 3.69. The lowest BCUT2D eigenvalue weighted by Gasteiger charge is -2.19. The van der Waals surface area contributed by atoms with Gasteiger partial charge in [0.1, 0.15) is 17.2 Å². The maximum atomic E-state index is 14.3. The van der Waals surface area contributed by atoms with E-state index in [0.29, 0.717) is 24.7 Å². The summed E-state index contributed by atoms with van der Waals surface area (Å²) in [7, 11) is 1.60. The van der Waals surface area contributed by atoms with Crippen LogP contribution in [0, 0.1) is 11.2 Å². The minimum Gasteiger partial charge on any atom is -0.468 e. The summed E-state index contributed by atoms with van der Waals surface area (Å²) >= 11 is 0. The number of methoxy groups -OCH3 is 1. The number of hydrogen-bond acceptors (Lipinski definition) is 5. The van der Waals surface area contributed by atoms with Crippen LogP contribution in [0.1, 0.15) is 20.8 Å². The first-order valence-corrected chi connectivity index (χ1v) is 8.88. The van der Waals surface area contributed by atoms with Gasteiger partial charge in [-0.05, 0) is 36.4 Å². The number of para-hydroxylation sites is 1. The van der Waals surface area contributed by atoms with E-state index in [9.17, 15) is 9.18 Å². The second-order valence-corrected chi connectivity index (χ2v) is 7.05. The van der Waals surface area contributed by atoms with Crippen molar-refractivity contribution in [1.82, 2.24) is 0 Å². The zero-order valence-corrected chi connectivity index (χ0v) is 16.6. The highest BCUT2D eigenvalue weighted by atomic mass is 19.1. The highest BCUT2D eigenvalue weighted by Gasteiger charge is 2.24. The molecule has 28 heavy (non-hydrogen) atoms. The van der Waals surface area contributed by atoms with Crippen LogP contribution in [0.25, 0.3) is 0 Å². The SMILES string of the molecule is COCCOCOc1ccc(Oc2cccc(F)c2NC(=O)C(C)(C)C)cc1. The third-order valence-electron chi connectivity index (χ3n) is 3.69. The number of nitrogens with one attached hydrogen (secondary N) is 1. The molecular weight excluding hydrogens is 365 g/mol. The van der Waals surface area contributed by atoms with Gasteiger partial charge in [-0.15, -0.1) is 0 Å². The van der Waals surface area contributed by atoms with Gasteiger partial charge in [0.05, 0.1) is 13.2 Å². The molecule has 1 N–H and O–H groups in total. The fourth-order valence-corrected chi connectivity index (χ4v) is 2.05. The Morgan fingerprint density at radius 3 is 2.36 bits per heavy atom. The molecule has 0 saturated heterocycles. The van der Waals surface area contributed by atoms with E-state index < -0.39 is 11.2 Å². The summed E-state index contributed by atoms with van der Waals surface area (Å²) in [5, 5.41) is 2.60. The van der Waals surface area contributed by atoms with Crippen molar-refractivity contribution in [3.05, 3.63) is 48.3 Å². The molecule has 0 fully saturated rings. The summed E-state index contributed by atoms with van der Waals surface area (Å²) in [6, 6.07) is 11.2. The van der Waals surface area contributed by atoms with Crippen LogP contribution >= 0.6 is 0 Å². The molecule has 0 atom stereocenters. The van der Waals surface area contributed by atoms with Gasteiger partial charge in [0, 0.05) is 12.5 Å². The molecule has 2 aromatic rings. The molecule has 0 aliphatic heterocycles. The summed E-state index contributed by atoms with van der Waals surface area (Å²) in [4.78, 5) is 12.2. The Labute approximate surface area is 164 Å². The standard InChI is InChI=1S/C21H26FNO5/c1-21(2,3)20(24)23-19-17(22)6-5-7-18(19)28-16-10-8-15(9-11-16)27-14-26-13-12-25-4/h5-11H,12-14H2,1-4H3,(H,23,24). The van der Waals surface area contributed by atoms with Gasteiger partial charge in [0.25, 0.3) is 0 Å². The van der Waals surface area contributed by atoms with Gasteiger partial charge < -0.3 is 24.3 Å². The van der Waals surface area contributed by atoms with Crippen molar-refractivity contribution in [3.63, 3.8) is 0 Å². The molecule has 0 saturated carbocycles. The smallest absolute Gasteiger partial charge is 0.229 e. The van der Waals surface area contributed by atoms with Crippen LogP contribution in [-0.2, 0) is 14.3 Å². The summed E-state index contributed by atoms with van der Waals surface area (Å²) in [6.07, 6.45) is 0. The number of amides is 1. The lowest BCUT2D eigenvalue weighted by Crippen LogP contribution is -2.28. The van der Waals surface area contributed by atoms with Crippen LogP contribution in [0.5, 0.6) is 17.2 Å². The Bertz CT molecular complexity index is 771. The van der Waals surface area contributed by atoms with Crippen LogP contribution < -0.4 is 14.8 Å². The van der Waals surface area contributed by atoms with Crippen LogP contribution in [0.3, 0.4) is 0 Å². The number of benzene rings is 2. The summed E-state index contributed by atoms with van der Waals surface area (Å²) in [6.45, 7) is 6.30. The lowest BCUT2D eigenvalue weighted by atomic mass is 9.95. The van der Waals surface area contributed by atoms with Crippen LogP contribution in [-0.4, -0.2) is 33.0 Å². The lowest BCUT2D eigenvalue weighted by molar-refractivity contribution is -0.123. The van der Waals surface area contributed by atoms with E-state index in [-0.39, 0.29) is 24.1 Å². The van der Waals surface area contributed by atoms with Gasteiger partial charge in [-0.3, -0.25) is 4.79 Å². The van der Waals surface area contributed by atoms with Gasteiger partial charge in [0.2, 0.25) is 5.91 Å². The molecule has 2 rings (SSSR count). The van der Waals surface area contributed by atoms with Crippen molar-refractivity contribution in [1.29, 1.82) is 0 Å². The van der Waals surface area contributed by atoms with E-state index >= 15 is 0 Å². The topological polar surface area (TPSA) is 66.0 Å². The first-order chi connectivity index (χ1) is 13.3. The van der Waals surface area contributed by atoms with Crippen LogP contribution in [0.15, 0.2) is 42.5 Å². The molecule has 1 amide bonds. The average molecular weight is 391 g/mol. The molecule has 0 aromatic heterocycles. The van der Waals surface area contributed by atoms with Crippen LogP contribution in [0.2, 0.25) is 0 Å². The van der Waals surface area contributed by atoms with E-state index in [1.54, 1.807) is 58.2 Å². The normalized spacial score (nSPS) is 11.2. The van der Waals surface area contributed by atoms with E-state index in [1.807, 2.05) is 0 Å². The number of halogens is 1. The van der Waals surface area contributed by atoms with Gasteiger partial charge in [-0.1, -0.05) is 26.8 Å². The highest BCUT2D eigenvalue weighted by molar-refractivity contribution is 5.96. The number of carbonyl (C=O) groups excluding carboxylic acids is 1. The van der Waals surface area contributed by atoms with Gasteiger partial charge in [0.15, 0.2) is 18.4 Å². The van der Waals surface area contributed by atoms with Gasteiger partial charge in [-0.2, -0.15) is 0 Å². The first kappa shape index (κ1) is 21.7. The predicted molar refractivity (Wildman–Crippen MR) is 104 cm³/mol. The van der Waals surface area contributed by atoms with E-state index in [1.165, 1.54) is 12.1 Å². The molecule has 152 valence electrons. The summed E-state index contributed by atoms with van der Waals surface area (Å²) in [5.41, 5.74) is -0.654. The van der Waals surface area contributed by atoms with Crippen molar-refractivity contribution >= 4 is 11.6 Å².